The van der Waals surface area contributed by atoms with Gasteiger partial charge in [-0.05, 0) is 24.3 Å². The largest absolute Gasteiger partial charge is 0.433 e. The van der Waals surface area contributed by atoms with Crippen LogP contribution in [0.2, 0.25) is 0 Å². The second-order valence-corrected chi connectivity index (χ2v) is 5.41. The highest BCUT2D eigenvalue weighted by molar-refractivity contribution is 5.91. The maximum atomic E-state index is 12.2. The number of hydrogen-bond acceptors (Lipinski definition) is 5. The zero-order chi connectivity index (χ0) is 16.9. The molecule has 1 fully saturated rings. The Morgan fingerprint density at radius 1 is 1.08 bits per heavy atom. The molecule has 2 aromatic rings. The second kappa shape index (κ2) is 6.99. The van der Waals surface area contributed by atoms with Crippen molar-refractivity contribution in [3.05, 3.63) is 64.4 Å². The molecule has 0 aliphatic carbocycles. The molecule has 0 atom stereocenters. The number of amides is 1. The van der Waals surface area contributed by atoms with Crippen LogP contribution in [0.1, 0.15) is 5.76 Å². The number of hydrogen-bond donors (Lipinski definition) is 0. The third-order valence-electron chi connectivity index (χ3n) is 3.90. The first-order valence-corrected chi connectivity index (χ1v) is 7.65. The molecule has 3 rings (SSSR count). The Morgan fingerprint density at radius 3 is 2.42 bits per heavy atom. The number of furan rings is 1. The smallest absolute Gasteiger partial charge is 0.401 e. The van der Waals surface area contributed by atoms with Gasteiger partial charge in [-0.15, -0.1) is 0 Å². The number of benzene rings is 1. The molecule has 7 heteroatoms. The van der Waals surface area contributed by atoms with E-state index in [2.05, 4.69) is 17.0 Å². The fourth-order valence-corrected chi connectivity index (χ4v) is 2.61. The third-order valence-corrected chi connectivity index (χ3v) is 3.90. The summed E-state index contributed by atoms with van der Waals surface area (Å²) in [5, 5.41) is 10.6. The van der Waals surface area contributed by atoms with Crippen LogP contribution < -0.4 is 4.90 Å². The zero-order valence-corrected chi connectivity index (χ0v) is 13.0. The van der Waals surface area contributed by atoms with Crippen LogP contribution in [0, 0.1) is 10.1 Å². The van der Waals surface area contributed by atoms with Crippen LogP contribution in [-0.2, 0) is 4.79 Å². The van der Waals surface area contributed by atoms with Crippen molar-refractivity contribution >= 4 is 23.6 Å². The Balaban J connectivity index is 1.55. The van der Waals surface area contributed by atoms with Gasteiger partial charge >= 0.3 is 5.88 Å². The fraction of sp³-hybridized carbons (Fsp3) is 0.235. The summed E-state index contributed by atoms with van der Waals surface area (Å²) in [5.74, 6) is -0.168. The normalized spacial score (nSPS) is 15.0. The van der Waals surface area contributed by atoms with Gasteiger partial charge in [-0.2, -0.15) is 0 Å². The molecule has 1 saturated heterocycles. The molecule has 1 aromatic heterocycles. The minimum atomic E-state index is -0.609. The van der Waals surface area contributed by atoms with Gasteiger partial charge in [0.1, 0.15) is 10.7 Å². The quantitative estimate of drug-likeness (QED) is 0.490. The summed E-state index contributed by atoms with van der Waals surface area (Å²) in [5.41, 5.74) is 1.16. The van der Waals surface area contributed by atoms with Crippen LogP contribution >= 0.6 is 0 Å². The zero-order valence-electron chi connectivity index (χ0n) is 13.0. The van der Waals surface area contributed by atoms with Crippen molar-refractivity contribution in [3.63, 3.8) is 0 Å². The van der Waals surface area contributed by atoms with Crippen LogP contribution in [-0.4, -0.2) is 41.9 Å². The van der Waals surface area contributed by atoms with Gasteiger partial charge in [-0.25, -0.2) is 0 Å². The van der Waals surface area contributed by atoms with E-state index >= 15 is 0 Å². The molecule has 7 nitrogen and oxygen atoms in total. The van der Waals surface area contributed by atoms with Crippen molar-refractivity contribution in [2.45, 2.75) is 0 Å². The molecule has 1 amide bonds. The monoisotopic (exact) mass is 327 g/mol. The average molecular weight is 327 g/mol. The van der Waals surface area contributed by atoms with E-state index in [9.17, 15) is 14.9 Å². The number of piperazine rings is 1. The molecule has 1 aliphatic rings. The molecular weight excluding hydrogens is 310 g/mol. The molecule has 24 heavy (non-hydrogen) atoms. The average Bonchev–Trinajstić information content (AvgIpc) is 3.10. The van der Waals surface area contributed by atoms with E-state index in [0.29, 0.717) is 13.1 Å². The van der Waals surface area contributed by atoms with Crippen LogP contribution in [0.25, 0.3) is 6.08 Å². The minimum Gasteiger partial charge on any atom is -0.401 e. The summed E-state index contributed by atoms with van der Waals surface area (Å²) >= 11 is 0. The van der Waals surface area contributed by atoms with Gasteiger partial charge in [0, 0.05) is 37.9 Å². The van der Waals surface area contributed by atoms with E-state index < -0.39 is 4.92 Å². The molecule has 0 N–H and O–H groups in total. The lowest BCUT2D eigenvalue weighted by Gasteiger charge is -2.35. The number of para-hydroxylation sites is 1. The van der Waals surface area contributed by atoms with Gasteiger partial charge in [-0.1, -0.05) is 18.2 Å². The number of carbonyl (C=O) groups is 1. The Kier molecular flexibility index (Phi) is 4.60. The highest BCUT2D eigenvalue weighted by atomic mass is 16.6. The van der Waals surface area contributed by atoms with E-state index in [-0.39, 0.29) is 17.6 Å². The summed E-state index contributed by atoms with van der Waals surface area (Å²) in [7, 11) is 0. The predicted octanol–water partition coefficient (Wildman–Crippen LogP) is 2.55. The molecule has 0 radical (unpaired) electrons. The van der Waals surface area contributed by atoms with Gasteiger partial charge < -0.3 is 14.2 Å². The van der Waals surface area contributed by atoms with E-state index in [1.165, 1.54) is 24.3 Å². The highest BCUT2D eigenvalue weighted by Crippen LogP contribution is 2.18. The number of rotatable bonds is 4. The van der Waals surface area contributed by atoms with Gasteiger partial charge in [0.15, 0.2) is 0 Å². The first-order chi connectivity index (χ1) is 11.6. The Hall–Kier alpha value is -3.09. The number of nitrogens with zero attached hydrogens (tertiary/aromatic N) is 3. The molecule has 0 bridgehead atoms. The van der Waals surface area contributed by atoms with Crippen LogP contribution in [0.4, 0.5) is 11.6 Å². The number of carbonyl (C=O) groups excluding carboxylic acids is 1. The lowest BCUT2D eigenvalue weighted by Crippen LogP contribution is -2.48. The molecule has 0 saturated carbocycles. The summed E-state index contributed by atoms with van der Waals surface area (Å²) in [4.78, 5) is 26.1. The summed E-state index contributed by atoms with van der Waals surface area (Å²) < 4.78 is 4.99. The molecule has 0 spiro atoms. The van der Waals surface area contributed by atoms with Crippen molar-refractivity contribution in [1.82, 2.24) is 4.90 Å². The molecule has 1 aromatic carbocycles. The van der Waals surface area contributed by atoms with E-state index in [1.54, 1.807) is 4.90 Å². The molecular formula is C17H17N3O4. The Bertz CT molecular complexity index is 746. The van der Waals surface area contributed by atoms with Crippen molar-refractivity contribution in [3.8, 4) is 0 Å². The lowest BCUT2D eigenvalue weighted by molar-refractivity contribution is -0.402. The first kappa shape index (κ1) is 15.8. The van der Waals surface area contributed by atoms with E-state index in [0.717, 1.165) is 18.8 Å². The molecule has 2 heterocycles. The predicted molar refractivity (Wildman–Crippen MR) is 89.6 cm³/mol. The van der Waals surface area contributed by atoms with Crippen LogP contribution in [0.15, 0.2) is 53.0 Å². The Labute approximate surface area is 138 Å². The maximum Gasteiger partial charge on any atom is 0.433 e. The van der Waals surface area contributed by atoms with Gasteiger partial charge in [0.25, 0.3) is 0 Å². The fourth-order valence-electron chi connectivity index (χ4n) is 2.61. The molecule has 124 valence electrons. The van der Waals surface area contributed by atoms with Crippen LogP contribution in [0.3, 0.4) is 0 Å². The number of nitro groups is 1. The SMILES string of the molecule is O=C(/C=C/c1ccc([N+](=O)[O-])o1)N1CCN(c2ccccc2)CC1. The van der Waals surface area contributed by atoms with Gasteiger partial charge in [-0.3, -0.25) is 14.9 Å². The number of anilines is 1. The van der Waals surface area contributed by atoms with Gasteiger partial charge in [0.05, 0.1) is 6.07 Å². The van der Waals surface area contributed by atoms with E-state index in [1.807, 2.05) is 18.2 Å². The van der Waals surface area contributed by atoms with E-state index in [4.69, 9.17) is 4.42 Å². The minimum absolute atomic E-state index is 0.123. The first-order valence-electron chi connectivity index (χ1n) is 7.65. The molecule has 1 aliphatic heterocycles. The van der Waals surface area contributed by atoms with Crippen molar-refractivity contribution in [2.24, 2.45) is 0 Å². The summed E-state index contributed by atoms with van der Waals surface area (Å²) in [6.07, 6.45) is 2.85. The topological polar surface area (TPSA) is 79.8 Å². The Morgan fingerprint density at radius 2 is 1.79 bits per heavy atom. The van der Waals surface area contributed by atoms with Gasteiger partial charge in [0.2, 0.25) is 5.91 Å². The highest BCUT2D eigenvalue weighted by Gasteiger charge is 2.19. The van der Waals surface area contributed by atoms with Crippen molar-refractivity contribution in [1.29, 1.82) is 0 Å². The van der Waals surface area contributed by atoms with Crippen molar-refractivity contribution in [2.75, 3.05) is 31.1 Å². The third kappa shape index (κ3) is 3.62. The standard InChI is InChI=1S/C17H17N3O4/c21-16(8-6-15-7-9-17(24-15)20(22)23)19-12-10-18(11-13-19)14-4-2-1-3-5-14/h1-9H,10-13H2/b8-6+. The lowest BCUT2D eigenvalue weighted by atomic mass is 10.2. The second-order valence-electron chi connectivity index (χ2n) is 5.41. The summed E-state index contributed by atoms with van der Waals surface area (Å²) in [6, 6.07) is 12.8. The summed E-state index contributed by atoms with van der Waals surface area (Å²) in [6.45, 7) is 2.82. The maximum absolute atomic E-state index is 12.2. The molecule has 0 unspecified atom stereocenters. The van der Waals surface area contributed by atoms with Crippen molar-refractivity contribution < 1.29 is 14.1 Å². The van der Waals surface area contributed by atoms with Crippen LogP contribution in [0.5, 0.6) is 0 Å².